The first-order chi connectivity index (χ1) is 7.00. The first-order valence-electron chi connectivity index (χ1n) is 4.90. The lowest BCUT2D eigenvalue weighted by atomic mass is 10.7. The molecule has 0 saturated carbocycles. The molecule has 0 saturated heterocycles. The zero-order valence-corrected chi connectivity index (χ0v) is 10.2. The van der Waals surface area contributed by atoms with Crippen LogP contribution in [0.1, 0.15) is 27.7 Å². The Morgan fingerprint density at radius 1 is 1.00 bits per heavy atom. The summed E-state index contributed by atoms with van der Waals surface area (Å²) in [6, 6.07) is 3.89. The molecule has 0 aliphatic carbocycles. The highest BCUT2D eigenvalue weighted by Crippen LogP contribution is 1.85. The minimum absolute atomic E-state index is 1.60. The molecular formula is C11H20N2S. The van der Waals surface area contributed by atoms with E-state index in [2.05, 4.69) is 9.97 Å². The summed E-state index contributed by atoms with van der Waals surface area (Å²) in [5.74, 6) is 0. The maximum Gasteiger partial charge on any atom is 0.0791 e. The van der Waals surface area contributed by atoms with Crippen molar-refractivity contribution in [1.82, 2.24) is 9.97 Å². The summed E-state index contributed by atoms with van der Waals surface area (Å²) in [7, 11) is 0. The Balaban J connectivity index is 0. The number of aromatic nitrogens is 2. The first kappa shape index (κ1) is 15.4. The number of nitrogens with one attached hydrogen (secondary N) is 1. The van der Waals surface area contributed by atoms with Crippen LogP contribution in [0.2, 0.25) is 0 Å². The Kier molecular flexibility index (Phi) is 19.6. The van der Waals surface area contributed by atoms with Crippen LogP contribution in [-0.4, -0.2) is 9.97 Å². The van der Waals surface area contributed by atoms with Crippen LogP contribution in [0, 0.1) is 0 Å². The van der Waals surface area contributed by atoms with E-state index >= 15 is 0 Å². The van der Waals surface area contributed by atoms with Gasteiger partial charge in [0.2, 0.25) is 0 Å². The van der Waals surface area contributed by atoms with Crippen LogP contribution in [0.5, 0.6) is 0 Å². The van der Waals surface area contributed by atoms with Crippen molar-refractivity contribution in [2.24, 2.45) is 0 Å². The van der Waals surface area contributed by atoms with Gasteiger partial charge < -0.3 is 4.98 Å². The zero-order valence-electron chi connectivity index (χ0n) is 9.40. The molecule has 2 rings (SSSR count). The topological polar surface area (TPSA) is 28.7 Å². The predicted octanol–water partition coefficient (Wildman–Crippen LogP) is 4.21. The fourth-order valence-corrected chi connectivity index (χ4v) is 0.805. The number of aromatic amines is 1. The lowest BCUT2D eigenvalue weighted by molar-refractivity contribution is 1.42. The molecule has 0 amide bonds. The SMILES string of the molecule is CC.CC.c1cc[nH]c1.c1cscn1. The van der Waals surface area contributed by atoms with E-state index < -0.39 is 0 Å². The van der Waals surface area contributed by atoms with Gasteiger partial charge in [0.1, 0.15) is 0 Å². The standard InChI is InChI=1S/C4H5N.C3H3NS.2C2H6/c1-2-4-5-3-1;1-2-5-3-4-1;2*1-2/h1-5H;1-3H;2*1-2H3. The van der Waals surface area contributed by atoms with Crippen LogP contribution < -0.4 is 0 Å². The van der Waals surface area contributed by atoms with E-state index in [0.29, 0.717) is 0 Å². The highest BCUT2D eigenvalue weighted by molar-refractivity contribution is 7.07. The zero-order chi connectivity index (χ0) is 11.1. The second-order valence-corrected chi connectivity index (χ2v) is 2.32. The summed E-state index contributed by atoms with van der Waals surface area (Å²) in [4.78, 5) is 6.60. The molecule has 2 aromatic heterocycles. The second-order valence-electron chi connectivity index (χ2n) is 1.56. The van der Waals surface area contributed by atoms with Crippen molar-refractivity contribution in [3.05, 3.63) is 41.6 Å². The van der Waals surface area contributed by atoms with E-state index in [4.69, 9.17) is 0 Å². The summed E-state index contributed by atoms with van der Waals surface area (Å²) in [6.45, 7) is 8.00. The second kappa shape index (κ2) is 17.9. The Labute approximate surface area is 91.0 Å². The van der Waals surface area contributed by atoms with Crippen molar-refractivity contribution in [3.63, 3.8) is 0 Å². The van der Waals surface area contributed by atoms with E-state index in [-0.39, 0.29) is 0 Å². The molecule has 2 nitrogen and oxygen atoms in total. The molecule has 0 radical (unpaired) electrons. The summed E-state index contributed by atoms with van der Waals surface area (Å²) < 4.78 is 0. The van der Waals surface area contributed by atoms with Gasteiger partial charge in [0.15, 0.2) is 0 Å². The monoisotopic (exact) mass is 212 g/mol. The van der Waals surface area contributed by atoms with Crippen molar-refractivity contribution in [1.29, 1.82) is 0 Å². The van der Waals surface area contributed by atoms with Crippen LogP contribution in [-0.2, 0) is 0 Å². The van der Waals surface area contributed by atoms with Crippen LogP contribution in [0.15, 0.2) is 41.6 Å². The van der Waals surface area contributed by atoms with E-state index in [1.165, 1.54) is 0 Å². The Morgan fingerprint density at radius 2 is 1.57 bits per heavy atom. The molecule has 2 aromatic rings. The van der Waals surface area contributed by atoms with Crippen LogP contribution in [0.25, 0.3) is 0 Å². The molecule has 0 spiro atoms. The van der Waals surface area contributed by atoms with Gasteiger partial charge in [-0.1, -0.05) is 27.7 Å². The molecule has 0 aromatic carbocycles. The molecule has 2 heterocycles. The van der Waals surface area contributed by atoms with Crippen LogP contribution in [0.3, 0.4) is 0 Å². The van der Waals surface area contributed by atoms with Gasteiger partial charge >= 0.3 is 0 Å². The number of nitrogens with zero attached hydrogens (tertiary/aromatic N) is 1. The van der Waals surface area contributed by atoms with Gasteiger partial charge in [-0.2, -0.15) is 0 Å². The largest absolute Gasteiger partial charge is 0.368 e. The van der Waals surface area contributed by atoms with Gasteiger partial charge in [0.25, 0.3) is 0 Å². The maximum atomic E-state index is 3.74. The van der Waals surface area contributed by atoms with Gasteiger partial charge in [0.05, 0.1) is 5.51 Å². The van der Waals surface area contributed by atoms with Crippen LogP contribution >= 0.6 is 11.3 Å². The van der Waals surface area contributed by atoms with Crippen LogP contribution in [0.4, 0.5) is 0 Å². The third-order valence-electron chi connectivity index (χ3n) is 0.843. The van der Waals surface area contributed by atoms with Gasteiger partial charge in [-0.05, 0) is 12.1 Å². The molecule has 80 valence electrons. The molecule has 0 aliphatic heterocycles. The molecule has 0 unspecified atom stereocenters. The first-order valence-corrected chi connectivity index (χ1v) is 5.84. The summed E-state index contributed by atoms with van der Waals surface area (Å²) in [5, 5.41) is 1.93. The van der Waals surface area contributed by atoms with Crippen molar-refractivity contribution >= 4 is 11.3 Å². The van der Waals surface area contributed by atoms with E-state index in [1.807, 2.05) is 57.6 Å². The van der Waals surface area contributed by atoms with E-state index in [9.17, 15) is 0 Å². The Bertz CT molecular complexity index is 153. The number of hydrogen-bond acceptors (Lipinski definition) is 2. The fourth-order valence-electron chi connectivity index (χ4n) is 0.453. The normalized spacial score (nSPS) is 6.57. The average Bonchev–Trinajstić information content (AvgIpc) is 3.01. The lowest BCUT2D eigenvalue weighted by Crippen LogP contribution is -1.38. The summed E-state index contributed by atoms with van der Waals surface area (Å²) in [6.07, 6.45) is 5.52. The molecule has 0 aliphatic rings. The van der Waals surface area contributed by atoms with Crippen molar-refractivity contribution < 1.29 is 0 Å². The summed E-state index contributed by atoms with van der Waals surface area (Å²) in [5.41, 5.74) is 1.79. The minimum Gasteiger partial charge on any atom is -0.368 e. The van der Waals surface area contributed by atoms with E-state index in [1.54, 1.807) is 23.0 Å². The third kappa shape index (κ3) is 13.5. The minimum atomic E-state index is 1.60. The quantitative estimate of drug-likeness (QED) is 0.696. The van der Waals surface area contributed by atoms with Crippen molar-refractivity contribution in [2.45, 2.75) is 27.7 Å². The summed E-state index contributed by atoms with van der Waals surface area (Å²) >= 11 is 1.60. The van der Waals surface area contributed by atoms with Gasteiger partial charge in [-0.25, -0.2) is 0 Å². The van der Waals surface area contributed by atoms with Gasteiger partial charge in [-0.3, -0.25) is 4.98 Å². The lowest BCUT2D eigenvalue weighted by Gasteiger charge is -1.49. The highest BCUT2D eigenvalue weighted by atomic mass is 32.1. The van der Waals surface area contributed by atoms with Gasteiger partial charge in [-0.15, -0.1) is 11.3 Å². The third-order valence-corrected chi connectivity index (χ3v) is 1.37. The molecular weight excluding hydrogens is 192 g/mol. The molecule has 14 heavy (non-hydrogen) atoms. The Morgan fingerprint density at radius 3 is 1.71 bits per heavy atom. The maximum absolute atomic E-state index is 3.74. The van der Waals surface area contributed by atoms with Crippen molar-refractivity contribution in [2.75, 3.05) is 0 Å². The van der Waals surface area contributed by atoms with E-state index in [0.717, 1.165) is 0 Å². The van der Waals surface area contributed by atoms with Crippen molar-refractivity contribution in [3.8, 4) is 0 Å². The Hall–Kier alpha value is -1.09. The average molecular weight is 212 g/mol. The number of rotatable bonds is 0. The fraction of sp³-hybridized carbons (Fsp3) is 0.364. The highest BCUT2D eigenvalue weighted by Gasteiger charge is 1.59. The number of hydrogen-bond donors (Lipinski definition) is 1. The van der Waals surface area contributed by atoms with Gasteiger partial charge in [0, 0.05) is 24.0 Å². The molecule has 1 N–H and O–H groups in total. The molecule has 0 atom stereocenters. The molecule has 3 heteroatoms. The predicted molar refractivity (Wildman–Crippen MR) is 65.6 cm³/mol. The molecule has 0 bridgehead atoms. The number of thiazole rings is 1. The molecule has 0 fully saturated rings. The smallest absolute Gasteiger partial charge is 0.0791 e. The number of H-pyrrole nitrogens is 1.